The first kappa shape index (κ1) is 14.1. The van der Waals surface area contributed by atoms with E-state index in [1.54, 1.807) is 6.92 Å². The Bertz CT molecular complexity index is 422. The minimum Gasteiger partial charge on any atom is -0.481 e. The fourth-order valence-electron chi connectivity index (χ4n) is 1.50. The molecule has 3 unspecified atom stereocenters. The SMILES string of the molecule is CC(C(=O)O)C(C)C(O)c1ccc(F)c(Br)c1. The lowest BCUT2D eigenvalue weighted by Gasteiger charge is -2.22. The highest BCUT2D eigenvalue weighted by Crippen LogP contribution is 2.30. The molecule has 0 aliphatic carbocycles. The standard InChI is InChI=1S/C12H14BrFO3/c1-6(7(2)12(16)17)11(15)8-3-4-10(14)9(13)5-8/h3-7,11,15H,1-2H3,(H,16,17). The van der Waals surface area contributed by atoms with Crippen molar-refractivity contribution in [1.29, 1.82) is 0 Å². The zero-order valence-electron chi connectivity index (χ0n) is 9.52. The molecule has 3 nitrogen and oxygen atoms in total. The maximum atomic E-state index is 13.0. The second kappa shape index (κ2) is 5.60. The number of benzene rings is 1. The molecule has 3 atom stereocenters. The average Bonchev–Trinajstić information content (AvgIpc) is 2.29. The van der Waals surface area contributed by atoms with E-state index in [2.05, 4.69) is 15.9 Å². The molecular formula is C12H14BrFO3. The Kier molecular flexibility index (Phi) is 4.65. The first-order chi connectivity index (χ1) is 7.84. The van der Waals surface area contributed by atoms with Crippen LogP contribution in [0.15, 0.2) is 22.7 Å². The van der Waals surface area contributed by atoms with Crippen LogP contribution in [0.4, 0.5) is 4.39 Å². The van der Waals surface area contributed by atoms with Crippen molar-refractivity contribution in [2.45, 2.75) is 20.0 Å². The van der Waals surface area contributed by atoms with E-state index in [-0.39, 0.29) is 4.47 Å². The molecule has 0 saturated carbocycles. The molecule has 0 radical (unpaired) electrons. The summed E-state index contributed by atoms with van der Waals surface area (Å²) in [5, 5.41) is 18.9. The van der Waals surface area contributed by atoms with Crippen LogP contribution in [0.2, 0.25) is 0 Å². The fourth-order valence-corrected chi connectivity index (χ4v) is 1.89. The van der Waals surface area contributed by atoms with Gasteiger partial charge in [-0.3, -0.25) is 4.79 Å². The van der Waals surface area contributed by atoms with Gasteiger partial charge < -0.3 is 10.2 Å². The van der Waals surface area contributed by atoms with Gasteiger partial charge in [0.1, 0.15) is 5.82 Å². The summed E-state index contributed by atoms with van der Waals surface area (Å²) >= 11 is 3.03. The molecule has 0 aliphatic rings. The van der Waals surface area contributed by atoms with E-state index >= 15 is 0 Å². The quantitative estimate of drug-likeness (QED) is 0.899. The number of aliphatic hydroxyl groups is 1. The molecule has 0 heterocycles. The maximum Gasteiger partial charge on any atom is 0.306 e. The second-order valence-corrected chi connectivity index (χ2v) is 4.96. The van der Waals surface area contributed by atoms with Crippen LogP contribution in [0.25, 0.3) is 0 Å². The maximum absolute atomic E-state index is 13.0. The summed E-state index contributed by atoms with van der Waals surface area (Å²) in [6.07, 6.45) is -0.932. The highest BCUT2D eigenvalue weighted by molar-refractivity contribution is 9.10. The molecule has 0 fully saturated rings. The molecule has 0 aliphatic heterocycles. The monoisotopic (exact) mass is 304 g/mol. The van der Waals surface area contributed by atoms with E-state index in [0.29, 0.717) is 5.56 Å². The van der Waals surface area contributed by atoms with E-state index in [1.807, 2.05) is 0 Å². The molecule has 0 bridgehead atoms. The van der Waals surface area contributed by atoms with Crippen molar-refractivity contribution in [3.8, 4) is 0 Å². The third-order valence-corrected chi connectivity index (χ3v) is 3.57. The van der Waals surface area contributed by atoms with Gasteiger partial charge in [-0.2, -0.15) is 0 Å². The summed E-state index contributed by atoms with van der Waals surface area (Å²) < 4.78 is 13.3. The molecule has 0 spiro atoms. The van der Waals surface area contributed by atoms with Gasteiger partial charge in [0, 0.05) is 0 Å². The van der Waals surface area contributed by atoms with Crippen LogP contribution >= 0.6 is 15.9 Å². The molecular weight excluding hydrogens is 291 g/mol. The number of aliphatic carboxylic acids is 1. The lowest BCUT2D eigenvalue weighted by atomic mass is 9.87. The predicted molar refractivity (Wildman–Crippen MR) is 65.0 cm³/mol. The summed E-state index contributed by atoms with van der Waals surface area (Å²) in [5.74, 6) is -2.50. The Morgan fingerprint density at radius 1 is 1.41 bits per heavy atom. The van der Waals surface area contributed by atoms with Crippen LogP contribution in [0.3, 0.4) is 0 Å². The van der Waals surface area contributed by atoms with E-state index in [0.717, 1.165) is 0 Å². The van der Waals surface area contributed by atoms with Crippen molar-refractivity contribution < 1.29 is 19.4 Å². The molecule has 1 aromatic carbocycles. The van der Waals surface area contributed by atoms with Crippen molar-refractivity contribution in [1.82, 2.24) is 0 Å². The van der Waals surface area contributed by atoms with Gasteiger partial charge >= 0.3 is 5.97 Å². The number of rotatable bonds is 4. The Balaban J connectivity index is 2.92. The third kappa shape index (κ3) is 3.26. The molecule has 1 rings (SSSR count). The second-order valence-electron chi connectivity index (χ2n) is 4.10. The predicted octanol–water partition coefficient (Wildman–Crippen LogP) is 2.98. The van der Waals surface area contributed by atoms with Gasteiger partial charge in [0.15, 0.2) is 0 Å². The van der Waals surface area contributed by atoms with Gasteiger partial charge in [-0.15, -0.1) is 0 Å². The van der Waals surface area contributed by atoms with Crippen LogP contribution in [-0.2, 0) is 4.79 Å². The molecule has 1 aromatic rings. The van der Waals surface area contributed by atoms with Gasteiger partial charge in [-0.05, 0) is 39.5 Å². The van der Waals surface area contributed by atoms with Crippen molar-refractivity contribution in [3.05, 3.63) is 34.1 Å². The Morgan fingerprint density at radius 3 is 2.47 bits per heavy atom. The first-order valence-corrected chi connectivity index (χ1v) is 5.99. The molecule has 0 saturated heterocycles. The van der Waals surface area contributed by atoms with Crippen LogP contribution in [0.5, 0.6) is 0 Å². The van der Waals surface area contributed by atoms with E-state index in [4.69, 9.17) is 5.11 Å². The van der Waals surface area contributed by atoms with Gasteiger partial charge in [0.25, 0.3) is 0 Å². The Morgan fingerprint density at radius 2 is 2.00 bits per heavy atom. The Hall–Kier alpha value is -0.940. The average molecular weight is 305 g/mol. The number of hydrogen-bond donors (Lipinski definition) is 2. The molecule has 2 N–H and O–H groups in total. The molecule has 0 aromatic heterocycles. The summed E-state index contributed by atoms with van der Waals surface area (Å²) in [4.78, 5) is 10.8. The first-order valence-electron chi connectivity index (χ1n) is 5.20. The lowest BCUT2D eigenvalue weighted by molar-refractivity contribution is -0.144. The highest BCUT2D eigenvalue weighted by atomic mass is 79.9. The summed E-state index contributed by atoms with van der Waals surface area (Å²) in [7, 11) is 0. The zero-order valence-corrected chi connectivity index (χ0v) is 11.1. The van der Waals surface area contributed by atoms with Gasteiger partial charge in [-0.25, -0.2) is 4.39 Å². The molecule has 5 heteroatoms. The number of hydrogen-bond acceptors (Lipinski definition) is 2. The number of carboxylic acids is 1. The molecule has 17 heavy (non-hydrogen) atoms. The minimum absolute atomic E-state index is 0.254. The van der Waals surface area contributed by atoms with Gasteiger partial charge in [0.05, 0.1) is 16.5 Å². The zero-order chi connectivity index (χ0) is 13.2. The topological polar surface area (TPSA) is 57.5 Å². The largest absolute Gasteiger partial charge is 0.481 e. The van der Waals surface area contributed by atoms with Gasteiger partial charge in [0.2, 0.25) is 0 Å². The smallest absolute Gasteiger partial charge is 0.306 e. The van der Waals surface area contributed by atoms with Crippen molar-refractivity contribution in [2.75, 3.05) is 0 Å². The highest BCUT2D eigenvalue weighted by Gasteiger charge is 2.27. The van der Waals surface area contributed by atoms with E-state index in [1.165, 1.54) is 25.1 Å². The minimum atomic E-state index is -0.960. The van der Waals surface area contributed by atoms with E-state index < -0.39 is 29.7 Å². The summed E-state index contributed by atoms with van der Waals surface area (Å²) in [5.41, 5.74) is 0.499. The third-order valence-electron chi connectivity index (χ3n) is 2.96. The van der Waals surface area contributed by atoms with E-state index in [9.17, 15) is 14.3 Å². The number of carbonyl (C=O) groups is 1. The van der Waals surface area contributed by atoms with Crippen LogP contribution in [-0.4, -0.2) is 16.2 Å². The Labute approximate surface area is 107 Å². The number of carboxylic acid groups (broad SMARTS) is 1. The van der Waals surface area contributed by atoms with Crippen molar-refractivity contribution in [3.63, 3.8) is 0 Å². The van der Waals surface area contributed by atoms with Crippen molar-refractivity contribution in [2.24, 2.45) is 11.8 Å². The lowest BCUT2D eigenvalue weighted by Crippen LogP contribution is -2.23. The molecule has 94 valence electrons. The normalized spacial score (nSPS) is 16.3. The summed E-state index contributed by atoms with van der Waals surface area (Å²) in [6, 6.07) is 4.15. The molecule has 0 amide bonds. The van der Waals surface area contributed by atoms with Crippen LogP contribution < -0.4 is 0 Å². The number of aliphatic hydroxyl groups excluding tert-OH is 1. The van der Waals surface area contributed by atoms with Crippen LogP contribution in [0.1, 0.15) is 25.5 Å². The summed E-state index contributed by atoms with van der Waals surface area (Å²) in [6.45, 7) is 3.19. The fraction of sp³-hybridized carbons (Fsp3) is 0.417. The van der Waals surface area contributed by atoms with Crippen LogP contribution in [0, 0.1) is 17.7 Å². The number of halogens is 2. The van der Waals surface area contributed by atoms with Gasteiger partial charge in [-0.1, -0.05) is 19.9 Å². The van der Waals surface area contributed by atoms with Crippen molar-refractivity contribution >= 4 is 21.9 Å².